The van der Waals surface area contributed by atoms with Crippen molar-refractivity contribution in [3.8, 4) is 0 Å². The van der Waals surface area contributed by atoms with Gasteiger partial charge in [0.25, 0.3) is 0 Å². The molecule has 2 nitrogen and oxygen atoms in total. The second-order valence-electron chi connectivity index (χ2n) is 6.29. The van der Waals surface area contributed by atoms with Crippen molar-refractivity contribution in [2.24, 2.45) is 11.7 Å². The summed E-state index contributed by atoms with van der Waals surface area (Å²) in [7, 11) is 2.24. The smallest absolute Gasteiger partial charge is 0.0334 e. The predicted molar refractivity (Wildman–Crippen MR) is 89.6 cm³/mol. The van der Waals surface area contributed by atoms with Gasteiger partial charge in [-0.1, -0.05) is 54.2 Å². The van der Waals surface area contributed by atoms with Gasteiger partial charge in [0.2, 0.25) is 0 Å². The Hall–Kier alpha value is -0.380. The minimum absolute atomic E-state index is 0.196. The summed E-state index contributed by atoms with van der Waals surface area (Å²) < 4.78 is 1.15. The molecule has 0 spiro atoms. The fraction of sp³-hybridized carbons (Fsp3) is 0.647. The molecule has 0 radical (unpaired) electrons. The SMILES string of the molecule is CCC1CCCC(CN)(N(C)Cc2cccc(Br)c2)C1. The average molecular weight is 339 g/mol. The van der Waals surface area contributed by atoms with Crippen LogP contribution in [0.3, 0.4) is 0 Å². The van der Waals surface area contributed by atoms with Crippen LogP contribution in [0.1, 0.15) is 44.6 Å². The third-order valence-electron chi connectivity index (χ3n) is 5.00. The molecule has 2 atom stereocenters. The molecule has 2 N–H and O–H groups in total. The summed E-state index contributed by atoms with van der Waals surface area (Å²) in [5, 5.41) is 0. The topological polar surface area (TPSA) is 29.3 Å². The number of halogens is 1. The van der Waals surface area contributed by atoms with Crippen molar-refractivity contribution in [1.29, 1.82) is 0 Å². The van der Waals surface area contributed by atoms with Crippen LogP contribution in [-0.2, 0) is 6.54 Å². The summed E-state index contributed by atoms with van der Waals surface area (Å²) >= 11 is 3.56. The summed E-state index contributed by atoms with van der Waals surface area (Å²) in [5.74, 6) is 0.845. The number of rotatable bonds is 5. The van der Waals surface area contributed by atoms with E-state index in [1.54, 1.807) is 0 Å². The van der Waals surface area contributed by atoms with Crippen molar-refractivity contribution in [2.45, 2.75) is 51.1 Å². The van der Waals surface area contributed by atoms with Gasteiger partial charge in [0.15, 0.2) is 0 Å². The summed E-state index contributed by atoms with van der Waals surface area (Å²) in [6.45, 7) is 4.06. The molecule has 1 aliphatic carbocycles. The van der Waals surface area contributed by atoms with E-state index in [1.807, 2.05) is 0 Å². The molecule has 0 saturated heterocycles. The van der Waals surface area contributed by atoms with Gasteiger partial charge in [0.05, 0.1) is 0 Å². The molecule has 20 heavy (non-hydrogen) atoms. The van der Waals surface area contributed by atoms with Crippen LogP contribution in [-0.4, -0.2) is 24.0 Å². The van der Waals surface area contributed by atoms with Gasteiger partial charge < -0.3 is 5.73 Å². The Morgan fingerprint density at radius 2 is 2.25 bits per heavy atom. The molecular weight excluding hydrogens is 312 g/mol. The molecule has 112 valence electrons. The number of benzene rings is 1. The van der Waals surface area contributed by atoms with Crippen molar-refractivity contribution in [3.63, 3.8) is 0 Å². The summed E-state index contributed by atoms with van der Waals surface area (Å²) in [4.78, 5) is 2.50. The molecule has 0 aromatic heterocycles. The lowest BCUT2D eigenvalue weighted by Gasteiger charge is -2.46. The molecule has 0 aliphatic heterocycles. The minimum atomic E-state index is 0.196. The molecule has 2 rings (SSSR count). The van der Waals surface area contributed by atoms with Crippen LogP contribution in [0, 0.1) is 5.92 Å². The van der Waals surface area contributed by atoms with E-state index in [4.69, 9.17) is 5.73 Å². The molecule has 2 unspecified atom stereocenters. The Morgan fingerprint density at radius 3 is 2.90 bits per heavy atom. The second-order valence-corrected chi connectivity index (χ2v) is 7.20. The maximum atomic E-state index is 6.19. The van der Waals surface area contributed by atoms with Crippen LogP contribution in [0.15, 0.2) is 28.7 Å². The maximum Gasteiger partial charge on any atom is 0.0334 e. The highest BCUT2D eigenvalue weighted by Crippen LogP contribution is 2.37. The van der Waals surface area contributed by atoms with Crippen LogP contribution >= 0.6 is 15.9 Å². The average Bonchev–Trinajstić information content (AvgIpc) is 2.47. The van der Waals surface area contributed by atoms with Gasteiger partial charge in [-0.05, 0) is 43.5 Å². The van der Waals surface area contributed by atoms with Crippen molar-refractivity contribution in [1.82, 2.24) is 4.90 Å². The lowest BCUT2D eigenvalue weighted by molar-refractivity contribution is 0.0504. The number of likely N-dealkylation sites (N-methyl/N-ethyl adjacent to an activating group) is 1. The van der Waals surface area contributed by atoms with E-state index in [0.717, 1.165) is 23.5 Å². The third kappa shape index (κ3) is 3.63. The highest BCUT2D eigenvalue weighted by molar-refractivity contribution is 9.10. The van der Waals surface area contributed by atoms with Crippen molar-refractivity contribution >= 4 is 15.9 Å². The highest BCUT2D eigenvalue weighted by atomic mass is 79.9. The molecule has 0 amide bonds. The monoisotopic (exact) mass is 338 g/mol. The first-order chi connectivity index (χ1) is 9.59. The van der Waals surface area contributed by atoms with Crippen LogP contribution in [0.5, 0.6) is 0 Å². The molecule has 1 fully saturated rings. The van der Waals surface area contributed by atoms with Crippen molar-refractivity contribution in [3.05, 3.63) is 34.3 Å². The molecule has 0 bridgehead atoms. The fourth-order valence-corrected chi connectivity index (χ4v) is 4.02. The first-order valence-corrected chi connectivity index (χ1v) is 8.54. The molecular formula is C17H27BrN2. The standard InChI is InChI=1S/C17H27BrN2/c1-3-14-7-5-9-17(11-14,13-19)20(2)12-15-6-4-8-16(18)10-15/h4,6,8,10,14H,3,5,7,9,11-13,19H2,1-2H3. The van der Waals surface area contributed by atoms with Crippen LogP contribution < -0.4 is 5.73 Å². The lowest BCUT2D eigenvalue weighted by atomic mass is 9.73. The Labute approximate surface area is 131 Å². The van der Waals surface area contributed by atoms with Gasteiger partial charge >= 0.3 is 0 Å². The Balaban J connectivity index is 2.10. The van der Waals surface area contributed by atoms with E-state index in [9.17, 15) is 0 Å². The summed E-state index contributed by atoms with van der Waals surface area (Å²) in [6.07, 6.45) is 6.48. The van der Waals surface area contributed by atoms with Crippen LogP contribution in [0.25, 0.3) is 0 Å². The normalized spacial score (nSPS) is 26.9. The molecule has 1 aromatic rings. The Bertz CT molecular complexity index is 435. The van der Waals surface area contributed by atoms with E-state index < -0.39 is 0 Å². The zero-order valence-corrected chi connectivity index (χ0v) is 14.3. The third-order valence-corrected chi connectivity index (χ3v) is 5.49. The fourth-order valence-electron chi connectivity index (χ4n) is 3.57. The molecule has 1 saturated carbocycles. The van der Waals surface area contributed by atoms with Gasteiger partial charge in [0, 0.05) is 23.1 Å². The van der Waals surface area contributed by atoms with E-state index in [1.165, 1.54) is 37.7 Å². The summed E-state index contributed by atoms with van der Waals surface area (Å²) in [5.41, 5.74) is 7.74. The van der Waals surface area contributed by atoms with Gasteiger partial charge in [-0.2, -0.15) is 0 Å². The molecule has 1 aromatic carbocycles. The number of nitrogens with zero attached hydrogens (tertiary/aromatic N) is 1. The van der Waals surface area contributed by atoms with Gasteiger partial charge in [-0.3, -0.25) is 4.90 Å². The maximum absolute atomic E-state index is 6.19. The summed E-state index contributed by atoms with van der Waals surface area (Å²) in [6, 6.07) is 8.60. The number of hydrogen-bond donors (Lipinski definition) is 1. The lowest BCUT2D eigenvalue weighted by Crippen LogP contribution is -2.54. The Morgan fingerprint density at radius 1 is 1.45 bits per heavy atom. The largest absolute Gasteiger partial charge is 0.329 e. The Kier molecular flexibility index (Phi) is 5.65. The highest BCUT2D eigenvalue weighted by Gasteiger charge is 2.37. The van der Waals surface area contributed by atoms with E-state index >= 15 is 0 Å². The first-order valence-electron chi connectivity index (χ1n) is 7.75. The molecule has 0 heterocycles. The van der Waals surface area contributed by atoms with E-state index in [0.29, 0.717) is 0 Å². The van der Waals surface area contributed by atoms with E-state index in [-0.39, 0.29) is 5.54 Å². The van der Waals surface area contributed by atoms with Gasteiger partial charge in [-0.15, -0.1) is 0 Å². The quantitative estimate of drug-likeness (QED) is 0.872. The molecule has 1 aliphatic rings. The van der Waals surface area contributed by atoms with Crippen molar-refractivity contribution < 1.29 is 0 Å². The number of nitrogens with two attached hydrogens (primary N) is 1. The van der Waals surface area contributed by atoms with Crippen LogP contribution in [0.2, 0.25) is 0 Å². The zero-order valence-electron chi connectivity index (χ0n) is 12.7. The first kappa shape index (κ1) is 16.0. The minimum Gasteiger partial charge on any atom is -0.329 e. The van der Waals surface area contributed by atoms with Crippen molar-refractivity contribution in [2.75, 3.05) is 13.6 Å². The number of hydrogen-bond acceptors (Lipinski definition) is 2. The molecule has 3 heteroatoms. The predicted octanol–water partition coefficient (Wildman–Crippen LogP) is 4.18. The van der Waals surface area contributed by atoms with Gasteiger partial charge in [0.1, 0.15) is 0 Å². The zero-order chi connectivity index (χ0) is 14.6. The van der Waals surface area contributed by atoms with Crippen LogP contribution in [0.4, 0.5) is 0 Å². The van der Waals surface area contributed by atoms with E-state index in [2.05, 4.69) is 59.1 Å². The second kappa shape index (κ2) is 7.06. The van der Waals surface area contributed by atoms with Gasteiger partial charge in [-0.25, -0.2) is 0 Å².